The predicted octanol–water partition coefficient (Wildman–Crippen LogP) is 7.17. The maximum absolute atomic E-state index is 12.2. The van der Waals surface area contributed by atoms with Gasteiger partial charge in [0.1, 0.15) is 11.7 Å². The first kappa shape index (κ1) is 23.2. The fourth-order valence-corrected chi connectivity index (χ4v) is 10.0. The number of carbonyl (C=O) groups is 1. The Kier molecular flexibility index (Phi) is 5.79. The van der Waals surface area contributed by atoms with Crippen LogP contribution in [-0.2, 0) is 14.3 Å². The molecule has 3 heteroatoms. The number of hydrogen-bond donors (Lipinski definition) is 0. The lowest BCUT2D eigenvalue weighted by molar-refractivity contribution is -0.189. The monoisotopic (exact) mass is 444 g/mol. The van der Waals surface area contributed by atoms with E-state index in [9.17, 15) is 4.79 Å². The molecule has 0 radical (unpaired) electrons. The molecule has 1 spiro atoms. The zero-order valence-corrected chi connectivity index (χ0v) is 21.6. The lowest BCUT2D eigenvalue weighted by Crippen LogP contribution is -2.62. The molecule has 0 aromatic carbocycles. The van der Waals surface area contributed by atoms with Crippen LogP contribution < -0.4 is 0 Å². The maximum atomic E-state index is 12.2. The minimum absolute atomic E-state index is 0.00240. The SMILES string of the molecule is CC(=O)O[C@@H]1C[C@]23O[C@H]2CCC[C@]3(C)[C@H]2CC[C@]3(C)[C@@H]([C@H](C)CCCC(C)C)CC[C@H]3[C@H]12. The summed E-state index contributed by atoms with van der Waals surface area (Å²) in [5.41, 5.74) is 0.693. The van der Waals surface area contributed by atoms with Crippen molar-refractivity contribution in [2.24, 2.45) is 46.3 Å². The molecule has 3 nitrogen and oxygen atoms in total. The highest BCUT2D eigenvalue weighted by Crippen LogP contribution is 2.74. The van der Waals surface area contributed by atoms with Crippen molar-refractivity contribution >= 4 is 5.97 Å². The van der Waals surface area contributed by atoms with E-state index >= 15 is 0 Å². The highest BCUT2D eigenvalue weighted by Gasteiger charge is 2.76. The Balaban J connectivity index is 1.41. The molecule has 5 fully saturated rings. The van der Waals surface area contributed by atoms with Gasteiger partial charge in [0.25, 0.3) is 0 Å². The van der Waals surface area contributed by atoms with Gasteiger partial charge in [0, 0.05) is 24.7 Å². The van der Waals surface area contributed by atoms with E-state index in [1.807, 2.05) is 0 Å². The average molecular weight is 445 g/mol. The van der Waals surface area contributed by atoms with Crippen molar-refractivity contribution < 1.29 is 14.3 Å². The summed E-state index contributed by atoms with van der Waals surface area (Å²) in [5.74, 6) is 4.25. The van der Waals surface area contributed by atoms with Crippen molar-refractivity contribution in [1.82, 2.24) is 0 Å². The molecule has 0 unspecified atom stereocenters. The normalized spacial score (nSPS) is 50.1. The van der Waals surface area contributed by atoms with Crippen molar-refractivity contribution in [3.05, 3.63) is 0 Å². The van der Waals surface area contributed by atoms with Crippen molar-refractivity contribution in [3.63, 3.8) is 0 Å². The number of hydrogen-bond acceptors (Lipinski definition) is 3. The van der Waals surface area contributed by atoms with Gasteiger partial charge in [0.05, 0.1) is 6.10 Å². The van der Waals surface area contributed by atoms with Crippen molar-refractivity contribution in [1.29, 1.82) is 0 Å². The second kappa shape index (κ2) is 7.99. The van der Waals surface area contributed by atoms with Gasteiger partial charge >= 0.3 is 5.97 Å². The predicted molar refractivity (Wildman–Crippen MR) is 128 cm³/mol. The molecular formula is C29H48O3. The van der Waals surface area contributed by atoms with Crippen LogP contribution in [-0.4, -0.2) is 23.8 Å². The Morgan fingerprint density at radius 2 is 1.81 bits per heavy atom. The fraction of sp³-hybridized carbons (Fsp3) is 0.966. The Labute approximate surface area is 196 Å². The quantitative estimate of drug-likeness (QED) is 0.322. The maximum Gasteiger partial charge on any atom is 0.302 e. The summed E-state index contributed by atoms with van der Waals surface area (Å²) in [6.07, 6.45) is 14.7. The molecule has 4 aliphatic carbocycles. The third-order valence-corrected chi connectivity index (χ3v) is 11.5. The number of esters is 1. The van der Waals surface area contributed by atoms with Crippen LogP contribution in [0, 0.1) is 46.3 Å². The first-order valence-corrected chi connectivity index (χ1v) is 14.0. The van der Waals surface area contributed by atoms with Gasteiger partial charge in [-0.15, -0.1) is 0 Å². The Morgan fingerprint density at radius 3 is 2.53 bits per heavy atom. The molecule has 1 aliphatic heterocycles. The fourth-order valence-electron chi connectivity index (χ4n) is 10.0. The molecule has 1 heterocycles. The van der Waals surface area contributed by atoms with Crippen LogP contribution in [0.1, 0.15) is 112 Å². The van der Waals surface area contributed by atoms with Gasteiger partial charge in [-0.2, -0.15) is 0 Å². The van der Waals surface area contributed by atoms with E-state index in [0.29, 0.717) is 29.3 Å². The van der Waals surface area contributed by atoms with E-state index in [1.54, 1.807) is 6.92 Å². The van der Waals surface area contributed by atoms with Gasteiger partial charge in [0.15, 0.2) is 0 Å². The van der Waals surface area contributed by atoms with E-state index in [1.165, 1.54) is 64.2 Å². The molecule has 0 aromatic heterocycles. The molecule has 0 amide bonds. The van der Waals surface area contributed by atoms with E-state index < -0.39 is 0 Å². The number of rotatable bonds is 6. The summed E-state index contributed by atoms with van der Waals surface area (Å²) >= 11 is 0. The van der Waals surface area contributed by atoms with Crippen molar-refractivity contribution in [2.45, 2.75) is 130 Å². The second-order valence-corrected chi connectivity index (χ2v) is 13.5. The molecule has 32 heavy (non-hydrogen) atoms. The number of carbonyl (C=O) groups excluding carboxylic acids is 1. The summed E-state index contributed by atoms with van der Waals surface area (Å²) in [7, 11) is 0. The zero-order chi connectivity index (χ0) is 22.9. The van der Waals surface area contributed by atoms with Crippen LogP contribution in [0.3, 0.4) is 0 Å². The first-order valence-electron chi connectivity index (χ1n) is 14.0. The molecule has 10 atom stereocenters. The van der Waals surface area contributed by atoms with E-state index in [0.717, 1.165) is 24.2 Å². The lowest BCUT2D eigenvalue weighted by atomic mass is 9.43. The number of ether oxygens (including phenoxy) is 2. The summed E-state index contributed by atoms with van der Waals surface area (Å²) in [6, 6.07) is 0. The van der Waals surface area contributed by atoms with Gasteiger partial charge in [0.2, 0.25) is 0 Å². The van der Waals surface area contributed by atoms with E-state index in [4.69, 9.17) is 9.47 Å². The summed E-state index contributed by atoms with van der Waals surface area (Å²) in [5, 5.41) is 0. The molecule has 1 saturated heterocycles. The van der Waals surface area contributed by atoms with Crippen LogP contribution in [0.4, 0.5) is 0 Å². The number of fused-ring (bicyclic) bond motifs is 4. The molecule has 5 aliphatic rings. The minimum atomic E-state index is -0.0920. The summed E-state index contributed by atoms with van der Waals surface area (Å²) in [4.78, 5) is 12.2. The zero-order valence-electron chi connectivity index (χ0n) is 21.6. The van der Waals surface area contributed by atoms with Gasteiger partial charge in [-0.3, -0.25) is 4.79 Å². The van der Waals surface area contributed by atoms with Crippen LogP contribution in [0.5, 0.6) is 0 Å². The third kappa shape index (κ3) is 3.34. The summed E-state index contributed by atoms with van der Waals surface area (Å²) in [6.45, 7) is 14.0. The van der Waals surface area contributed by atoms with Crippen molar-refractivity contribution in [2.75, 3.05) is 0 Å². The lowest BCUT2D eigenvalue weighted by Gasteiger charge is -2.61. The molecule has 182 valence electrons. The third-order valence-electron chi connectivity index (χ3n) is 11.5. The van der Waals surface area contributed by atoms with Crippen LogP contribution in [0.15, 0.2) is 0 Å². The molecule has 0 N–H and O–H groups in total. The summed E-state index contributed by atoms with van der Waals surface area (Å²) < 4.78 is 12.7. The van der Waals surface area contributed by atoms with Crippen LogP contribution >= 0.6 is 0 Å². The van der Waals surface area contributed by atoms with Crippen LogP contribution in [0.2, 0.25) is 0 Å². The number of epoxide rings is 1. The largest absolute Gasteiger partial charge is 0.462 e. The van der Waals surface area contributed by atoms with E-state index in [2.05, 4.69) is 34.6 Å². The molecule has 4 saturated carbocycles. The Bertz CT molecular complexity index is 732. The second-order valence-electron chi connectivity index (χ2n) is 13.5. The van der Waals surface area contributed by atoms with Gasteiger partial charge in [-0.1, -0.05) is 60.3 Å². The molecule has 5 rings (SSSR count). The van der Waals surface area contributed by atoms with E-state index in [-0.39, 0.29) is 23.1 Å². The van der Waals surface area contributed by atoms with Gasteiger partial charge in [-0.25, -0.2) is 0 Å². The minimum Gasteiger partial charge on any atom is -0.462 e. The Morgan fingerprint density at radius 1 is 1.03 bits per heavy atom. The molecule has 0 aromatic rings. The first-order chi connectivity index (χ1) is 15.1. The molecule has 0 bridgehead atoms. The molecular weight excluding hydrogens is 396 g/mol. The van der Waals surface area contributed by atoms with Crippen molar-refractivity contribution in [3.8, 4) is 0 Å². The van der Waals surface area contributed by atoms with Gasteiger partial charge in [-0.05, 0) is 73.5 Å². The average Bonchev–Trinajstić information content (AvgIpc) is 3.31. The van der Waals surface area contributed by atoms with Crippen LogP contribution in [0.25, 0.3) is 0 Å². The highest BCUT2D eigenvalue weighted by atomic mass is 16.6. The highest BCUT2D eigenvalue weighted by molar-refractivity contribution is 5.66. The van der Waals surface area contributed by atoms with Gasteiger partial charge < -0.3 is 9.47 Å². The standard InChI is InChI=1S/C29H48O3/c1-18(2)9-7-10-19(3)21-12-13-22-26-23(14-16-27(21,22)5)28(6)15-8-11-25-29(28,32-25)17-24(26)31-20(4)30/h18-19,21-26H,7-17H2,1-6H3/t19-,21-,22+,23+,24-,25+,26+,27-,28-,29+/m1/s1. The smallest absolute Gasteiger partial charge is 0.302 e. The topological polar surface area (TPSA) is 38.8 Å². The Hall–Kier alpha value is -0.570.